The number of carboxylic acid groups (broad SMARTS) is 1. The highest BCUT2D eigenvalue weighted by molar-refractivity contribution is 5.99. The third kappa shape index (κ3) is 5.13. The largest absolute Gasteiger partial charge is 0.489 e. The fourth-order valence-corrected chi connectivity index (χ4v) is 3.48. The van der Waals surface area contributed by atoms with Crippen LogP contribution in [-0.4, -0.2) is 23.4 Å². The van der Waals surface area contributed by atoms with Gasteiger partial charge in [-0.3, -0.25) is 4.79 Å². The predicted octanol–water partition coefficient (Wildman–Crippen LogP) is 4.77. The Morgan fingerprint density at radius 2 is 1.59 bits per heavy atom. The summed E-state index contributed by atoms with van der Waals surface area (Å²) >= 11 is 0. The molecule has 0 bridgehead atoms. The minimum Gasteiger partial charge on any atom is -0.489 e. The molecule has 1 saturated carbocycles. The van der Waals surface area contributed by atoms with Gasteiger partial charge in [0, 0.05) is 0 Å². The third-order valence-electron chi connectivity index (χ3n) is 5.49. The van der Waals surface area contributed by atoms with E-state index in [4.69, 9.17) is 25.3 Å². The SMILES string of the molecule is N#Cc1ccc(C(=N)COc2ccc(COc3ccc([C@H]4C[C@@H]4C(=O)O)cc3)cc2)cc1. The first-order valence-electron chi connectivity index (χ1n) is 10.3. The van der Waals surface area contributed by atoms with E-state index in [0.717, 1.165) is 22.4 Å². The van der Waals surface area contributed by atoms with E-state index in [1.807, 2.05) is 48.5 Å². The zero-order valence-electron chi connectivity index (χ0n) is 17.3. The molecule has 6 heteroatoms. The average molecular weight is 426 g/mol. The van der Waals surface area contributed by atoms with Crippen molar-refractivity contribution in [1.82, 2.24) is 0 Å². The number of ether oxygens (including phenoxy) is 2. The summed E-state index contributed by atoms with van der Waals surface area (Å²) in [5.41, 5.74) is 3.65. The first-order chi connectivity index (χ1) is 15.5. The van der Waals surface area contributed by atoms with Gasteiger partial charge in [0.2, 0.25) is 0 Å². The minimum absolute atomic E-state index is 0.118. The van der Waals surface area contributed by atoms with Gasteiger partial charge in [-0.15, -0.1) is 0 Å². The highest BCUT2D eigenvalue weighted by Crippen LogP contribution is 2.47. The van der Waals surface area contributed by atoms with Crippen LogP contribution in [0.3, 0.4) is 0 Å². The Bertz CT molecular complexity index is 1150. The Balaban J connectivity index is 1.24. The first kappa shape index (κ1) is 21.1. The molecule has 0 amide bonds. The highest BCUT2D eigenvalue weighted by Gasteiger charge is 2.44. The van der Waals surface area contributed by atoms with Gasteiger partial charge in [0.25, 0.3) is 0 Å². The van der Waals surface area contributed by atoms with Gasteiger partial charge in [0.1, 0.15) is 24.7 Å². The zero-order valence-corrected chi connectivity index (χ0v) is 17.3. The topological polar surface area (TPSA) is 103 Å². The van der Waals surface area contributed by atoms with Gasteiger partial charge in [-0.25, -0.2) is 0 Å². The van der Waals surface area contributed by atoms with Crippen LogP contribution >= 0.6 is 0 Å². The minimum atomic E-state index is -0.728. The summed E-state index contributed by atoms with van der Waals surface area (Å²) in [6.45, 7) is 0.541. The van der Waals surface area contributed by atoms with Gasteiger partial charge in [0.15, 0.2) is 0 Å². The van der Waals surface area contributed by atoms with Gasteiger partial charge in [-0.05, 0) is 65.4 Å². The van der Waals surface area contributed by atoms with Gasteiger partial charge in [-0.1, -0.05) is 36.4 Å². The maximum atomic E-state index is 11.0. The number of carboxylic acids is 1. The zero-order chi connectivity index (χ0) is 22.5. The molecule has 1 aliphatic rings. The van der Waals surface area contributed by atoms with E-state index in [9.17, 15) is 4.79 Å². The lowest BCUT2D eigenvalue weighted by atomic mass is 10.1. The van der Waals surface area contributed by atoms with Crippen LogP contribution in [0.25, 0.3) is 0 Å². The van der Waals surface area contributed by atoms with Crippen LogP contribution < -0.4 is 9.47 Å². The summed E-state index contributed by atoms with van der Waals surface area (Å²) in [6, 6.07) is 24.0. The van der Waals surface area contributed by atoms with Crippen LogP contribution in [0.15, 0.2) is 72.8 Å². The average Bonchev–Trinajstić information content (AvgIpc) is 3.64. The van der Waals surface area contributed by atoms with E-state index < -0.39 is 5.97 Å². The van der Waals surface area contributed by atoms with E-state index >= 15 is 0 Å². The maximum absolute atomic E-state index is 11.0. The van der Waals surface area contributed by atoms with Crippen molar-refractivity contribution in [2.45, 2.75) is 18.9 Å². The van der Waals surface area contributed by atoms with Crippen LogP contribution in [0.1, 0.15) is 34.6 Å². The molecule has 160 valence electrons. The van der Waals surface area contributed by atoms with Crippen LogP contribution in [0.5, 0.6) is 11.5 Å². The smallest absolute Gasteiger partial charge is 0.307 e. The molecule has 0 radical (unpaired) electrons. The molecule has 32 heavy (non-hydrogen) atoms. The lowest BCUT2D eigenvalue weighted by Crippen LogP contribution is -2.11. The van der Waals surface area contributed by atoms with Crippen molar-refractivity contribution in [3.63, 3.8) is 0 Å². The Labute approximate surface area is 186 Å². The maximum Gasteiger partial charge on any atom is 0.307 e. The number of carbonyl (C=O) groups is 1. The molecule has 6 nitrogen and oxygen atoms in total. The number of nitrogens with one attached hydrogen (secondary N) is 1. The van der Waals surface area contributed by atoms with Crippen molar-refractivity contribution in [3.05, 3.63) is 95.1 Å². The molecular weight excluding hydrogens is 404 g/mol. The molecule has 3 aromatic carbocycles. The molecule has 2 N–H and O–H groups in total. The third-order valence-corrected chi connectivity index (χ3v) is 5.49. The molecule has 2 atom stereocenters. The van der Waals surface area contributed by atoms with E-state index in [0.29, 0.717) is 30.1 Å². The number of aliphatic carboxylic acids is 1. The molecule has 0 heterocycles. The van der Waals surface area contributed by atoms with Crippen molar-refractivity contribution in [2.24, 2.45) is 5.92 Å². The van der Waals surface area contributed by atoms with Crippen molar-refractivity contribution in [1.29, 1.82) is 10.7 Å². The summed E-state index contributed by atoms with van der Waals surface area (Å²) in [5, 5.41) is 26.0. The Morgan fingerprint density at radius 1 is 0.969 bits per heavy atom. The fourth-order valence-electron chi connectivity index (χ4n) is 3.48. The molecule has 4 rings (SSSR count). The van der Waals surface area contributed by atoms with Crippen molar-refractivity contribution in [2.75, 3.05) is 6.61 Å². The molecule has 0 unspecified atom stereocenters. The second-order valence-corrected chi connectivity index (χ2v) is 7.74. The lowest BCUT2D eigenvalue weighted by Gasteiger charge is -2.10. The predicted molar refractivity (Wildman–Crippen MR) is 119 cm³/mol. The molecule has 0 saturated heterocycles. The number of benzene rings is 3. The van der Waals surface area contributed by atoms with Crippen LogP contribution in [0.2, 0.25) is 0 Å². The lowest BCUT2D eigenvalue weighted by molar-refractivity contribution is -0.138. The highest BCUT2D eigenvalue weighted by atomic mass is 16.5. The number of nitrogens with zero attached hydrogens (tertiary/aromatic N) is 1. The number of nitriles is 1. The van der Waals surface area contributed by atoms with Crippen molar-refractivity contribution < 1.29 is 19.4 Å². The Kier molecular flexibility index (Phi) is 6.18. The number of rotatable bonds is 9. The quantitative estimate of drug-likeness (QED) is 0.480. The second kappa shape index (κ2) is 9.36. The van der Waals surface area contributed by atoms with Gasteiger partial charge < -0.3 is 20.0 Å². The number of hydrogen-bond acceptors (Lipinski definition) is 5. The van der Waals surface area contributed by atoms with E-state index in [-0.39, 0.29) is 18.4 Å². The van der Waals surface area contributed by atoms with Gasteiger partial charge in [0.05, 0.1) is 23.3 Å². The van der Waals surface area contributed by atoms with Crippen LogP contribution in [0, 0.1) is 22.7 Å². The van der Waals surface area contributed by atoms with Gasteiger partial charge >= 0.3 is 5.97 Å². The number of hydrogen-bond donors (Lipinski definition) is 2. The summed E-state index contributed by atoms with van der Waals surface area (Å²) < 4.78 is 11.5. The van der Waals surface area contributed by atoms with E-state index in [1.165, 1.54) is 0 Å². The Morgan fingerprint density at radius 3 is 2.19 bits per heavy atom. The molecule has 1 fully saturated rings. The molecule has 3 aromatic rings. The standard InChI is InChI=1S/C26H22N2O4/c27-14-17-1-5-20(6-2-17)25(28)16-32-21-9-3-18(4-10-21)15-31-22-11-7-19(8-12-22)23-13-24(23)26(29)30/h1-12,23-24,28H,13,15-16H2,(H,29,30)/t23-,24+/m1/s1. The monoisotopic (exact) mass is 426 g/mol. The molecule has 1 aliphatic carbocycles. The first-order valence-corrected chi connectivity index (χ1v) is 10.3. The van der Waals surface area contributed by atoms with E-state index in [2.05, 4.69) is 6.07 Å². The summed E-state index contributed by atoms with van der Waals surface area (Å²) in [5.74, 6) is 0.531. The Hall–Kier alpha value is -4.11. The summed E-state index contributed by atoms with van der Waals surface area (Å²) in [7, 11) is 0. The van der Waals surface area contributed by atoms with E-state index in [1.54, 1.807) is 24.3 Å². The van der Waals surface area contributed by atoms with Gasteiger partial charge in [-0.2, -0.15) is 5.26 Å². The van der Waals surface area contributed by atoms with Crippen LogP contribution in [0.4, 0.5) is 0 Å². The molecule has 0 spiro atoms. The summed E-state index contributed by atoms with van der Waals surface area (Å²) in [4.78, 5) is 11.0. The van der Waals surface area contributed by atoms with Crippen LogP contribution in [-0.2, 0) is 11.4 Å². The summed E-state index contributed by atoms with van der Waals surface area (Å²) in [6.07, 6.45) is 0.705. The molecule has 0 aliphatic heterocycles. The molecule has 0 aromatic heterocycles. The molecular formula is C26H22N2O4. The van der Waals surface area contributed by atoms with Crippen molar-refractivity contribution in [3.8, 4) is 17.6 Å². The fraction of sp³-hybridized carbons (Fsp3) is 0.192. The normalized spacial score (nSPS) is 16.6. The van der Waals surface area contributed by atoms with Crippen molar-refractivity contribution >= 4 is 11.7 Å². The second-order valence-electron chi connectivity index (χ2n) is 7.74.